The van der Waals surface area contributed by atoms with Crippen molar-refractivity contribution in [2.75, 3.05) is 33.3 Å². The van der Waals surface area contributed by atoms with Crippen LogP contribution < -0.4 is 15.4 Å². The molecule has 2 N–H and O–H groups in total. The molecular weight excluding hydrogens is 443 g/mol. The van der Waals surface area contributed by atoms with Gasteiger partial charge in [-0.05, 0) is 31.4 Å². The lowest BCUT2D eigenvalue weighted by atomic mass is 10.1. The van der Waals surface area contributed by atoms with Gasteiger partial charge in [-0.3, -0.25) is 9.79 Å². The van der Waals surface area contributed by atoms with Crippen LogP contribution in [0.2, 0.25) is 0 Å². The largest absolute Gasteiger partial charge is 0.494 e. The van der Waals surface area contributed by atoms with Crippen LogP contribution >= 0.6 is 24.0 Å². The smallest absolute Gasteiger partial charge is 0.222 e. The number of carbonyl (C=O) groups is 1. The molecule has 26 heavy (non-hydrogen) atoms. The SMILES string of the molecule is CCOc1ccccc1CCNC(=NC)NC1CCN(C(=O)CC)C1.I. The summed E-state index contributed by atoms with van der Waals surface area (Å²) in [5.74, 6) is 1.95. The first-order chi connectivity index (χ1) is 12.2. The van der Waals surface area contributed by atoms with E-state index in [1.807, 2.05) is 36.9 Å². The topological polar surface area (TPSA) is 66.0 Å². The molecule has 0 aromatic heterocycles. The molecule has 1 fully saturated rings. The zero-order valence-corrected chi connectivity index (χ0v) is 18.3. The number of halogens is 1. The first-order valence-corrected chi connectivity index (χ1v) is 9.13. The summed E-state index contributed by atoms with van der Waals surface area (Å²) >= 11 is 0. The summed E-state index contributed by atoms with van der Waals surface area (Å²) in [6.45, 7) is 6.92. The van der Waals surface area contributed by atoms with Gasteiger partial charge in [0.2, 0.25) is 5.91 Å². The van der Waals surface area contributed by atoms with Crippen LogP contribution in [0.3, 0.4) is 0 Å². The summed E-state index contributed by atoms with van der Waals surface area (Å²) in [4.78, 5) is 18.0. The molecule has 1 aromatic carbocycles. The van der Waals surface area contributed by atoms with Gasteiger partial charge in [0, 0.05) is 39.1 Å². The van der Waals surface area contributed by atoms with Crippen molar-refractivity contribution in [1.29, 1.82) is 0 Å². The Morgan fingerprint density at radius 2 is 2.12 bits per heavy atom. The molecule has 1 unspecified atom stereocenters. The maximum Gasteiger partial charge on any atom is 0.222 e. The summed E-state index contributed by atoms with van der Waals surface area (Å²) in [5, 5.41) is 6.77. The quantitative estimate of drug-likeness (QED) is 0.362. The lowest BCUT2D eigenvalue weighted by molar-refractivity contribution is -0.129. The Bertz CT molecular complexity index is 595. The number of guanidine groups is 1. The van der Waals surface area contributed by atoms with Gasteiger partial charge in [0.1, 0.15) is 5.75 Å². The van der Waals surface area contributed by atoms with Crippen LogP contribution in [0.15, 0.2) is 29.3 Å². The molecule has 1 aromatic rings. The molecule has 1 amide bonds. The van der Waals surface area contributed by atoms with Gasteiger partial charge in [0.05, 0.1) is 6.61 Å². The summed E-state index contributed by atoms with van der Waals surface area (Å²) in [5.41, 5.74) is 1.19. The van der Waals surface area contributed by atoms with Crippen LogP contribution in [0.25, 0.3) is 0 Å². The fraction of sp³-hybridized carbons (Fsp3) is 0.579. The van der Waals surface area contributed by atoms with E-state index in [1.54, 1.807) is 7.05 Å². The molecule has 1 saturated heterocycles. The molecule has 1 heterocycles. The van der Waals surface area contributed by atoms with E-state index < -0.39 is 0 Å². The van der Waals surface area contributed by atoms with Gasteiger partial charge in [-0.1, -0.05) is 25.1 Å². The van der Waals surface area contributed by atoms with Crippen LogP contribution in [0, 0.1) is 0 Å². The highest BCUT2D eigenvalue weighted by molar-refractivity contribution is 14.0. The van der Waals surface area contributed by atoms with Crippen molar-refractivity contribution in [3.05, 3.63) is 29.8 Å². The highest BCUT2D eigenvalue weighted by atomic mass is 127. The Kier molecular flexibility index (Phi) is 10.4. The Morgan fingerprint density at radius 1 is 1.35 bits per heavy atom. The normalized spacial score (nSPS) is 16.8. The molecule has 1 aliphatic rings. The van der Waals surface area contributed by atoms with E-state index in [0.717, 1.165) is 44.2 Å². The second kappa shape index (κ2) is 12.0. The van der Waals surface area contributed by atoms with Crippen molar-refractivity contribution in [2.45, 2.75) is 39.2 Å². The molecule has 7 heteroatoms. The second-order valence-corrected chi connectivity index (χ2v) is 6.11. The number of hydrogen-bond donors (Lipinski definition) is 2. The van der Waals surface area contributed by atoms with Crippen molar-refractivity contribution in [3.8, 4) is 5.75 Å². The number of rotatable bonds is 7. The molecule has 0 spiro atoms. The number of ether oxygens (including phenoxy) is 1. The highest BCUT2D eigenvalue weighted by Gasteiger charge is 2.25. The minimum Gasteiger partial charge on any atom is -0.494 e. The van der Waals surface area contributed by atoms with Crippen LogP contribution in [-0.2, 0) is 11.2 Å². The average Bonchev–Trinajstić information content (AvgIpc) is 3.10. The van der Waals surface area contributed by atoms with Crippen molar-refractivity contribution < 1.29 is 9.53 Å². The van der Waals surface area contributed by atoms with E-state index >= 15 is 0 Å². The highest BCUT2D eigenvalue weighted by Crippen LogP contribution is 2.18. The minimum absolute atomic E-state index is 0. The number of carbonyl (C=O) groups excluding carboxylic acids is 1. The third-order valence-corrected chi connectivity index (χ3v) is 4.37. The molecule has 0 aliphatic carbocycles. The molecule has 0 bridgehead atoms. The summed E-state index contributed by atoms with van der Waals surface area (Å²) < 4.78 is 5.66. The Morgan fingerprint density at radius 3 is 2.81 bits per heavy atom. The fourth-order valence-corrected chi connectivity index (χ4v) is 3.04. The van der Waals surface area contributed by atoms with E-state index in [9.17, 15) is 4.79 Å². The molecule has 6 nitrogen and oxygen atoms in total. The standard InChI is InChI=1S/C19H30N4O2.HI/c1-4-18(24)23-13-11-16(14-23)22-19(20-3)21-12-10-15-8-6-7-9-17(15)25-5-2;/h6-9,16H,4-5,10-14H2,1-3H3,(H2,20,21,22);1H. The lowest BCUT2D eigenvalue weighted by Gasteiger charge is -2.19. The predicted molar refractivity (Wildman–Crippen MR) is 117 cm³/mol. The Hall–Kier alpha value is -1.51. The first kappa shape index (κ1) is 22.5. The van der Waals surface area contributed by atoms with Crippen LogP contribution in [-0.4, -0.2) is 56.1 Å². The average molecular weight is 474 g/mol. The molecule has 146 valence electrons. The molecule has 1 aliphatic heterocycles. The van der Waals surface area contributed by atoms with Gasteiger partial charge in [0.15, 0.2) is 5.96 Å². The van der Waals surface area contributed by atoms with Gasteiger partial charge in [-0.2, -0.15) is 0 Å². The Labute approximate surface area is 173 Å². The van der Waals surface area contributed by atoms with Crippen LogP contribution in [0.5, 0.6) is 5.75 Å². The predicted octanol–water partition coefficient (Wildman–Crippen LogP) is 2.42. The van der Waals surface area contributed by atoms with E-state index in [1.165, 1.54) is 5.56 Å². The van der Waals surface area contributed by atoms with Crippen molar-refractivity contribution in [2.24, 2.45) is 4.99 Å². The molecule has 0 radical (unpaired) electrons. The zero-order valence-electron chi connectivity index (χ0n) is 16.0. The van der Waals surface area contributed by atoms with Crippen molar-refractivity contribution in [3.63, 3.8) is 0 Å². The number of aliphatic imine (C=N–C) groups is 1. The number of nitrogens with one attached hydrogen (secondary N) is 2. The van der Waals surface area contributed by atoms with E-state index in [2.05, 4.69) is 21.7 Å². The summed E-state index contributed by atoms with van der Waals surface area (Å²) in [7, 11) is 1.77. The first-order valence-electron chi connectivity index (χ1n) is 9.13. The molecule has 0 saturated carbocycles. The van der Waals surface area contributed by atoms with Gasteiger partial charge >= 0.3 is 0 Å². The van der Waals surface area contributed by atoms with Crippen molar-refractivity contribution in [1.82, 2.24) is 15.5 Å². The zero-order chi connectivity index (χ0) is 18.1. The second-order valence-electron chi connectivity index (χ2n) is 6.11. The van der Waals surface area contributed by atoms with Crippen molar-refractivity contribution >= 4 is 35.8 Å². The number of para-hydroxylation sites is 1. The van der Waals surface area contributed by atoms with E-state index in [0.29, 0.717) is 13.0 Å². The summed E-state index contributed by atoms with van der Waals surface area (Å²) in [6, 6.07) is 8.38. The van der Waals surface area contributed by atoms with E-state index in [-0.39, 0.29) is 35.9 Å². The fourth-order valence-electron chi connectivity index (χ4n) is 3.04. The number of nitrogens with zero attached hydrogens (tertiary/aromatic N) is 2. The molecule has 1 atom stereocenters. The van der Waals surface area contributed by atoms with Gasteiger partial charge in [0.25, 0.3) is 0 Å². The molecule has 2 rings (SSSR count). The minimum atomic E-state index is 0. The number of hydrogen-bond acceptors (Lipinski definition) is 3. The van der Waals surface area contributed by atoms with Crippen LogP contribution in [0.1, 0.15) is 32.3 Å². The summed E-state index contributed by atoms with van der Waals surface area (Å²) in [6.07, 6.45) is 2.39. The number of amides is 1. The lowest BCUT2D eigenvalue weighted by Crippen LogP contribution is -2.45. The number of likely N-dealkylation sites (tertiary alicyclic amines) is 1. The number of benzene rings is 1. The van der Waals surface area contributed by atoms with Gasteiger partial charge < -0.3 is 20.3 Å². The monoisotopic (exact) mass is 474 g/mol. The van der Waals surface area contributed by atoms with Crippen LogP contribution in [0.4, 0.5) is 0 Å². The third kappa shape index (κ3) is 6.66. The van der Waals surface area contributed by atoms with Gasteiger partial charge in [-0.15, -0.1) is 24.0 Å². The third-order valence-electron chi connectivity index (χ3n) is 4.37. The molecular formula is C19H31IN4O2. The maximum atomic E-state index is 11.8. The van der Waals surface area contributed by atoms with E-state index in [4.69, 9.17) is 4.74 Å². The Balaban J connectivity index is 0.00000338. The maximum absolute atomic E-state index is 11.8. The van der Waals surface area contributed by atoms with Gasteiger partial charge in [-0.25, -0.2) is 0 Å².